The highest BCUT2D eigenvalue weighted by molar-refractivity contribution is 9.10. The van der Waals surface area contributed by atoms with Gasteiger partial charge in [0.1, 0.15) is 0 Å². The van der Waals surface area contributed by atoms with E-state index in [0.29, 0.717) is 10.5 Å². The first-order valence-electron chi connectivity index (χ1n) is 6.98. The van der Waals surface area contributed by atoms with Gasteiger partial charge in [0.25, 0.3) is 5.91 Å². The van der Waals surface area contributed by atoms with Crippen molar-refractivity contribution < 1.29 is 4.79 Å². The Morgan fingerprint density at radius 1 is 1.29 bits per heavy atom. The average molecular weight is 362 g/mol. The number of thiol groups is 1. The molecule has 1 amide bonds. The van der Waals surface area contributed by atoms with Crippen LogP contribution >= 0.6 is 28.6 Å². The van der Waals surface area contributed by atoms with Crippen LogP contribution in [0.4, 0.5) is 5.69 Å². The van der Waals surface area contributed by atoms with Gasteiger partial charge < -0.3 is 4.90 Å². The smallest absolute Gasteiger partial charge is 0.259 e. The summed E-state index contributed by atoms with van der Waals surface area (Å²) >= 11 is 7.85. The summed E-state index contributed by atoms with van der Waals surface area (Å²) in [5, 5.41) is 0. The largest absolute Gasteiger partial charge is 0.305 e. The zero-order valence-corrected chi connectivity index (χ0v) is 14.2. The maximum Gasteiger partial charge on any atom is 0.259 e. The van der Waals surface area contributed by atoms with Gasteiger partial charge in [-0.3, -0.25) is 4.79 Å². The summed E-state index contributed by atoms with van der Waals surface area (Å²) in [5.74, 6) is 0.0205. The molecule has 4 heteroatoms. The first-order chi connectivity index (χ1) is 10.1. The van der Waals surface area contributed by atoms with Gasteiger partial charge in [-0.05, 0) is 49.6 Å². The number of hydrogen-bond donors (Lipinski definition) is 1. The van der Waals surface area contributed by atoms with Gasteiger partial charge in [0.05, 0.1) is 5.56 Å². The molecular weight excluding hydrogens is 346 g/mol. The molecule has 2 aromatic carbocycles. The second-order valence-corrected chi connectivity index (χ2v) is 6.75. The first kappa shape index (κ1) is 14.7. The number of fused-ring (bicyclic) bond motifs is 1. The highest BCUT2D eigenvalue weighted by Gasteiger charge is 2.29. The molecule has 1 heterocycles. The molecule has 2 aromatic rings. The van der Waals surface area contributed by atoms with E-state index in [-0.39, 0.29) is 11.9 Å². The van der Waals surface area contributed by atoms with Crippen LogP contribution in [0.1, 0.15) is 29.3 Å². The normalized spacial score (nSPS) is 17.5. The highest BCUT2D eigenvalue weighted by Crippen LogP contribution is 2.33. The van der Waals surface area contributed by atoms with Gasteiger partial charge in [0, 0.05) is 21.1 Å². The number of anilines is 1. The molecule has 3 rings (SSSR count). The minimum absolute atomic E-state index is 0.0205. The maximum atomic E-state index is 13.0. The molecule has 0 saturated carbocycles. The number of carbonyl (C=O) groups is 1. The fourth-order valence-electron chi connectivity index (χ4n) is 2.81. The predicted octanol–water partition coefficient (Wildman–Crippen LogP) is 4.72. The van der Waals surface area contributed by atoms with E-state index in [1.54, 1.807) is 0 Å². The molecular formula is C17H16BrNOS. The van der Waals surface area contributed by atoms with E-state index >= 15 is 0 Å². The number of para-hydroxylation sites is 1. The number of carbonyl (C=O) groups excluding carboxylic acids is 1. The summed E-state index contributed by atoms with van der Waals surface area (Å²) in [5.41, 5.74) is 2.91. The molecule has 0 spiro atoms. The van der Waals surface area contributed by atoms with Gasteiger partial charge in [-0.25, -0.2) is 0 Å². The molecule has 1 unspecified atom stereocenters. The molecule has 21 heavy (non-hydrogen) atoms. The molecule has 0 N–H and O–H groups in total. The topological polar surface area (TPSA) is 20.3 Å². The number of hydrogen-bond acceptors (Lipinski definition) is 2. The molecule has 0 aromatic heterocycles. The Bertz CT molecular complexity index is 701. The second kappa shape index (κ2) is 5.85. The lowest BCUT2D eigenvalue weighted by atomic mass is 9.96. The fourth-order valence-corrected chi connectivity index (χ4v) is 3.66. The predicted molar refractivity (Wildman–Crippen MR) is 92.4 cm³/mol. The van der Waals surface area contributed by atoms with Gasteiger partial charge in [-0.1, -0.05) is 34.1 Å². The number of amides is 1. The summed E-state index contributed by atoms with van der Waals surface area (Å²) in [6.45, 7) is 2.10. The van der Waals surface area contributed by atoms with E-state index in [2.05, 4.69) is 41.5 Å². The summed E-state index contributed by atoms with van der Waals surface area (Å²) in [6.07, 6.45) is 2.01. The van der Waals surface area contributed by atoms with Crippen LogP contribution < -0.4 is 4.90 Å². The summed E-state index contributed by atoms with van der Waals surface area (Å²) in [4.78, 5) is 15.6. The second-order valence-electron chi connectivity index (χ2n) is 5.35. The summed E-state index contributed by atoms with van der Waals surface area (Å²) in [7, 11) is 0. The molecule has 0 saturated heterocycles. The SMILES string of the molecule is CC1CCc2ccccc2N1C(=O)c1ccc(Br)cc1S. The minimum atomic E-state index is 0.0205. The molecule has 0 aliphatic carbocycles. The molecule has 1 atom stereocenters. The zero-order valence-electron chi connectivity index (χ0n) is 11.7. The van der Waals surface area contributed by atoms with Gasteiger partial charge in [-0.2, -0.15) is 0 Å². The molecule has 2 nitrogen and oxygen atoms in total. The van der Waals surface area contributed by atoms with Crippen LogP contribution in [-0.4, -0.2) is 11.9 Å². The van der Waals surface area contributed by atoms with Crippen molar-refractivity contribution in [3.63, 3.8) is 0 Å². The van der Waals surface area contributed by atoms with Crippen molar-refractivity contribution in [1.82, 2.24) is 0 Å². The van der Waals surface area contributed by atoms with E-state index in [1.165, 1.54) is 5.56 Å². The maximum absolute atomic E-state index is 13.0. The van der Waals surface area contributed by atoms with Crippen LogP contribution in [0.5, 0.6) is 0 Å². The van der Waals surface area contributed by atoms with Crippen molar-refractivity contribution in [3.05, 3.63) is 58.1 Å². The summed E-state index contributed by atoms with van der Waals surface area (Å²) in [6, 6.07) is 13.9. The van der Waals surface area contributed by atoms with Crippen molar-refractivity contribution in [1.29, 1.82) is 0 Å². The number of halogens is 1. The van der Waals surface area contributed by atoms with Crippen LogP contribution in [0.15, 0.2) is 51.8 Å². The van der Waals surface area contributed by atoms with E-state index in [0.717, 1.165) is 23.0 Å². The van der Waals surface area contributed by atoms with Crippen molar-refractivity contribution in [2.75, 3.05) is 4.90 Å². The lowest BCUT2D eigenvalue weighted by Gasteiger charge is -2.35. The van der Waals surface area contributed by atoms with Crippen molar-refractivity contribution in [2.24, 2.45) is 0 Å². The number of benzene rings is 2. The first-order valence-corrected chi connectivity index (χ1v) is 8.22. The van der Waals surface area contributed by atoms with Crippen LogP contribution in [0.2, 0.25) is 0 Å². The lowest BCUT2D eigenvalue weighted by molar-refractivity contribution is 0.0972. The van der Waals surface area contributed by atoms with Crippen molar-refractivity contribution in [2.45, 2.75) is 30.7 Å². The third kappa shape index (κ3) is 2.74. The third-order valence-corrected chi connectivity index (χ3v) is 4.80. The molecule has 1 aliphatic rings. The Morgan fingerprint density at radius 2 is 2.05 bits per heavy atom. The Balaban J connectivity index is 2.05. The third-order valence-electron chi connectivity index (χ3n) is 3.93. The van der Waals surface area contributed by atoms with E-state index in [4.69, 9.17) is 0 Å². The minimum Gasteiger partial charge on any atom is -0.305 e. The molecule has 0 fully saturated rings. The average Bonchev–Trinajstić information content (AvgIpc) is 2.46. The van der Waals surface area contributed by atoms with Gasteiger partial charge >= 0.3 is 0 Å². The quantitative estimate of drug-likeness (QED) is 0.728. The van der Waals surface area contributed by atoms with Gasteiger partial charge in [-0.15, -0.1) is 12.6 Å². The molecule has 108 valence electrons. The van der Waals surface area contributed by atoms with Gasteiger partial charge in [0.15, 0.2) is 0 Å². The Labute approximate surface area is 138 Å². The standard InChI is InChI=1S/C17H16BrNOS/c1-11-6-7-12-4-2-3-5-15(12)19(11)17(20)14-9-8-13(18)10-16(14)21/h2-5,8-11,21H,6-7H2,1H3. The summed E-state index contributed by atoms with van der Waals surface area (Å²) < 4.78 is 0.927. The Kier molecular flexibility index (Phi) is 4.09. The highest BCUT2D eigenvalue weighted by atomic mass is 79.9. The lowest BCUT2D eigenvalue weighted by Crippen LogP contribution is -2.42. The van der Waals surface area contributed by atoms with Crippen LogP contribution in [0.3, 0.4) is 0 Å². The Hall–Kier alpha value is -1.26. The number of aryl methyl sites for hydroxylation is 1. The van der Waals surface area contributed by atoms with E-state index in [9.17, 15) is 4.79 Å². The van der Waals surface area contributed by atoms with Crippen molar-refractivity contribution >= 4 is 40.2 Å². The van der Waals surface area contributed by atoms with Crippen LogP contribution in [0.25, 0.3) is 0 Å². The molecule has 1 aliphatic heterocycles. The molecule has 0 bridgehead atoms. The number of rotatable bonds is 1. The van der Waals surface area contributed by atoms with E-state index < -0.39 is 0 Å². The monoisotopic (exact) mass is 361 g/mol. The van der Waals surface area contributed by atoms with Crippen molar-refractivity contribution in [3.8, 4) is 0 Å². The Morgan fingerprint density at radius 3 is 2.81 bits per heavy atom. The number of nitrogens with zero attached hydrogens (tertiary/aromatic N) is 1. The fraction of sp³-hybridized carbons (Fsp3) is 0.235. The van der Waals surface area contributed by atoms with E-state index in [1.807, 2.05) is 41.3 Å². The van der Waals surface area contributed by atoms with Gasteiger partial charge in [0.2, 0.25) is 0 Å². The molecule has 0 radical (unpaired) electrons. The zero-order chi connectivity index (χ0) is 15.0. The van der Waals surface area contributed by atoms with Crippen LogP contribution in [0, 0.1) is 0 Å². The van der Waals surface area contributed by atoms with Crippen LogP contribution in [-0.2, 0) is 6.42 Å².